The summed E-state index contributed by atoms with van der Waals surface area (Å²) in [5.41, 5.74) is 1.86. The van der Waals surface area contributed by atoms with E-state index in [4.69, 9.17) is 9.47 Å². The smallest absolute Gasteiger partial charge is 0.246 e. The van der Waals surface area contributed by atoms with E-state index in [-0.39, 0.29) is 23.8 Å². The minimum absolute atomic E-state index is 0.00398. The predicted molar refractivity (Wildman–Crippen MR) is 121 cm³/mol. The van der Waals surface area contributed by atoms with Crippen LogP contribution in [0.3, 0.4) is 0 Å². The highest BCUT2D eigenvalue weighted by Gasteiger charge is 2.28. The van der Waals surface area contributed by atoms with Gasteiger partial charge in [-0.15, -0.1) is 0 Å². The van der Waals surface area contributed by atoms with Crippen molar-refractivity contribution in [1.29, 1.82) is 0 Å². The Morgan fingerprint density at radius 2 is 1.77 bits per heavy atom. The SMILES string of the molecule is COc1ccc(OC)c(C(C)NC(=O)C2CCN(C(=O)C=Cc3ccccc3)CC2)c1. The van der Waals surface area contributed by atoms with Crippen molar-refractivity contribution < 1.29 is 19.1 Å². The summed E-state index contributed by atoms with van der Waals surface area (Å²) < 4.78 is 10.7. The molecule has 2 aromatic rings. The summed E-state index contributed by atoms with van der Waals surface area (Å²) in [4.78, 5) is 27.1. The molecule has 164 valence electrons. The van der Waals surface area contributed by atoms with Gasteiger partial charge in [0.25, 0.3) is 0 Å². The monoisotopic (exact) mass is 422 g/mol. The second-order valence-corrected chi connectivity index (χ2v) is 7.68. The van der Waals surface area contributed by atoms with Crippen molar-refractivity contribution in [2.24, 2.45) is 5.92 Å². The van der Waals surface area contributed by atoms with Gasteiger partial charge in [-0.25, -0.2) is 0 Å². The normalized spacial score (nSPS) is 15.5. The molecule has 0 aromatic heterocycles. The van der Waals surface area contributed by atoms with Crippen LogP contribution in [-0.2, 0) is 9.59 Å². The number of hydrogen-bond acceptors (Lipinski definition) is 4. The number of nitrogens with one attached hydrogen (secondary N) is 1. The maximum Gasteiger partial charge on any atom is 0.246 e. The first-order valence-electron chi connectivity index (χ1n) is 10.6. The molecule has 1 saturated heterocycles. The average Bonchev–Trinajstić information content (AvgIpc) is 2.82. The minimum atomic E-state index is -0.217. The molecule has 1 aliphatic rings. The van der Waals surface area contributed by atoms with Crippen LogP contribution in [0.25, 0.3) is 6.08 Å². The number of benzene rings is 2. The van der Waals surface area contributed by atoms with E-state index in [1.807, 2.05) is 61.5 Å². The number of methoxy groups -OCH3 is 2. The molecule has 0 saturated carbocycles. The number of amides is 2. The highest BCUT2D eigenvalue weighted by Crippen LogP contribution is 2.30. The van der Waals surface area contributed by atoms with Crippen molar-refractivity contribution in [3.05, 3.63) is 65.7 Å². The molecule has 1 fully saturated rings. The Labute approximate surface area is 183 Å². The third-order valence-electron chi connectivity index (χ3n) is 5.66. The fraction of sp³-hybridized carbons (Fsp3) is 0.360. The first-order valence-corrected chi connectivity index (χ1v) is 10.6. The molecule has 6 heteroatoms. The lowest BCUT2D eigenvalue weighted by Crippen LogP contribution is -2.43. The molecule has 2 amide bonds. The van der Waals surface area contributed by atoms with Gasteiger partial charge in [0.2, 0.25) is 11.8 Å². The van der Waals surface area contributed by atoms with Gasteiger partial charge in [-0.3, -0.25) is 9.59 Å². The Morgan fingerprint density at radius 3 is 2.42 bits per heavy atom. The summed E-state index contributed by atoms with van der Waals surface area (Å²) >= 11 is 0. The molecule has 6 nitrogen and oxygen atoms in total. The van der Waals surface area contributed by atoms with Crippen molar-refractivity contribution >= 4 is 17.9 Å². The maximum absolute atomic E-state index is 12.8. The molecule has 3 rings (SSSR count). The van der Waals surface area contributed by atoms with Crippen LogP contribution >= 0.6 is 0 Å². The second kappa shape index (κ2) is 10.7. The van der Waals surface area contributed by atoms with Gasteiger partial charge >= 0.3 is 0 Å². The Hall–Kier alpha value is -3.28. The van der Waals surface area contributed by atoms with Crippen LogP contribution in [0.1, 0.15) is 36.9 Å². The molecule has 0 radical (unpaired) electrons. The summed E-state index contributed by atoms with van der Waals surface area (Å²) in [6, 6.07) is 15.1. The summed E-state index contributed by atoms with van der Waals surface area (Å²) in [5.74, 6) is 1.30. The zero-order valence-corrected chi connectivity index (χ0v) is 18.3. The van der Waals surface area contributed by atoms with Crippen molar-refractivity contribution in [2.75, 3.05) is 27.3 Å². The fourth-order valence-electron chi connectivity index (χ4n) is 3.79. The van der Waals surface area contributed by atoms with Gasteiger partial charge in [0, 0.05) is 30.6 Å². The number of hydrogen-bond donors (Lipinski definition) is 1. The van der Waals surface area contributed by atoms with Crippen LogP contribution in [0.5, 0.6) is 11.5 Å². The van der Waals surface area contributed by atoms with Gasteiger partial charge in [-0.2, -0.15) is 0 Å². The van der Waals surface area contributed by atoms with Gasteiger partial charge in [-0.1, -0.05) is 30.3 Å². The highest BCUT2D eigenvalue weighted by molar-refractivity contribution is 5.92. The first kappa shape index (κ1) is 22.4. The van der Waals surface area contributed by atoms with Gasteiger partial charge in [0.1, 0.15) is 11.5 Å². The molecular weight excluding hydrogens is 392 g/mol. The Balaban J connectivity index is 1.53. The lowest BCUT2D eigenvalue weighted by atomic mass is 9.95. The lowest BCUT2D eigenvalue weighted by molar-refractivity contribution is -0.132. The Kier molecular flexibility index (Phi) is 7.70. The van der Waals surface area contributed by atoms with Crippen LogP contribution in [0.2, 0.25) is 0 Å². The molecular formula is C25H30N2O4. The van der Waals surface area contributed by atoms with Gasteiger partial charge in [0.15, 0.2) is 0 Å². The number of piperidine rings is 1. The molecule has 2 aromatic carbocycles. The van der Waals surface area contributed by atoms with Crippen molar-refractivity contribution in [3.63, 3.8) is 0 Å². The first-order chi connectivity index (χ1) is 15.0. The number of rotatable bonds is 7. The van der Waals surface area contributed by atoms with E-state index >= 15 is 0 Å². The molecule has 0 spiro atoms. The molecule has 1 unspecified atom stereocenters. The van der Waals surface area contributed by atoms with Crippen LogP contribution in [0.15, 0.2) is 54.6 Å². The van der Waals surface area contributed by atoms with E-state index in [2.05, 4.69) is 5.32 Å². The largest absolute Gasteiger partial charge is 0.497 e. The van der Waals surface area contributed by atoms with E-state index in [1.54, 1.807) is 25.2 Å². The molecule has 0 bridgehead atoms. The van der Waals surface area contributed by atoms with Gasteiger partial charge < -0.3 is 19.7 Å². The Morgan fingerprint density at radius 1 is 1.06 bits per heavy atom. The number of likely N-dealkylation sites (tertiary alicyclic amines) is 1. The summed E-state index contributed by atoms with van der Waals surface area (Å²) in [6.45, 7) is 3.09. The summed E-state index contributed by atoms with van der Waals surface area (Å²) in [5, 5.41) is 3.09. The molecule has 1 N–H and O–H groups in total. The van der Waals surface area contributed by atoms with E-state index in [0.717, 1.165) is 11.1 Å². The lowest BCUT2D eigenvalue weighted by Gasteiger charge is -2.31. The number of nitrogens with zero attached hydrogens (tertiary/aromatic N) is 1. The molecule has 31 heavy (non-hydrogen) atoms. The van der Waals surface area contributed by atoms with Crippen LogP contribution < -0.4 is 14.8 Å². The number of carbonyl (C=O) groups excluding carboxylic acids is 2. The average molecular weight is 423 g/mol. The third kappa shape index (κ3) is 5.87. The zero-order chi connectivity index (χ0) is 22.2. The van der Waals surface area contributed by atoms with Crippen molar-refractivity contribution in [2.45, 2.75) is 25.8 Å². The van der Waals surface area contributed by atoms with E-state index in [1.165, 1.54) is 0 Å². The summed E-state index contributed by atoms with van der Waals surface area (Å²) in [7, 11) is 3.22. The number of carbonyl (C=O) groups is 2. The van der Waals surface area contributed by atoms with Gasteiger partial charge in [-0.05, 0) is 49.6 Å². The Bertz CT molecular complexity index is 918. The highest BCUT2D eigenvalue weighted by atomic mass is 16.5. The van der Waals surface area contributed by atoms with E-state index in [9.17, 15) is 9.59 Å². The van der Waals surface area contributed by atoms with Crippen molar-refractivity contribution in [1.82, 2.24) is 10.2 Å². The molecule has 1 heterocycles. The molecule has 0 aliphatic carbocycles. The zero-order valence-electron chi connectivity index (χ0n) is 18.3. The molecule has 1 atom stereocenters. The topological polar surface area (TPSA) is 67.9 Å². The third-order valence-corrected chi connectivity index (χ3v) is 5.66. The standard InChI is InChI=1S/C25H30N2O4/c1-18(22-17-21(30-2)10-11-23(22)31-3)26-25(29)20-13-15-27(16-14-20)24(28)12-9-19-7-5-4-6-8-19/h4-12,17-18,20H,13-16H2,1-3H3,(H,26,29). The second-order valence-electron chi connectivity index (χ2n) is 7.68. The number of ether oxygens (including phenoxy) is 2. The van der Waals surface area contributed by atoms with Crippen LogP contribution in [0, 0.1) is 5.92 Å². The molecule has 1 aliphatic heterocycles. The van der Waals surface area contributed by atoms with E-state index < -0.39 is 0 Å². The van der Waals surface area contributed by atoms with Crippen LogP contribution in [-0.4, -0.2) is 44.0 Å². The van der Waals surface area contributed by atoms with Crippen molar-refractivity contribution in [3.8, 4) is 11.5 Å². The van der Waals surface area contributed by atoms with Crippen LogP contribution in [0.4, 0.5) is 0 Å². The predicted octanol–water partition coefficient (Wildman–Crippen LogP) is 3.83. The summed E-state index contributed by atoms with van der Waals surface area (Å²) in [6.07, 6.45) is 4.73. The van der Waals surface area contributed by atoms with E-state index in [0.29, 0.717) is 37.4 Å². The minimum Gasteiger partial charge on any atom is -0.497 e. The van der Waals surface area contributed by atoms with Gasteiger partial charge in [0.05, 0.1) is 20.3 Å². The quantitative estimate of drug-likeness (QED) is 0.689. The fourth-order valence-corrected chi connectivity index (χ4v) is 3.79. The maximum atomic E-state index is 12.8.